The van der Waals surface area contributed by atoms with Crippen LogP contribution in [0.3, 0.4) is 0 Å². The van der Waals surface area contributed by atoms with Gasteiger partial charge < -0.3 is 5.32 Å². The molecule has 0 bridgehead atoms. The predicted molar refractivity (Wildman–Crippen MR) is 84.6 cm³/mol. The zero-order valence-corrected chi connectivity index (χ0v) is 13.0. The maximum Gasteiger partial charge on any atom is 0.0342 e. The van der Waals surface area contributed by atoms with Gasteiger partial charge in [0, 0.05) is 11.7 Å². The number of rotatable bonds is 3. The Morgan fingerprint density at radius 3 is 2.26 bits per heavy atom. The summed E-state index contributed by atoms with van der Waals surface area (Å²) in [5, 5.41) is 3.79. The number of nitrogens with one attached hydrogen (secondary N) is 1. The molecule has 1 aromatic rings. The van der Waals surface area contributed by atoms with E-state index in [-0.39, 0.29) is 0 Å². The predicted octanol–water partition coefficient (Wildman–Crippen LogP) is 5.27. The second-order valence-corrected chi connectivity index (χ2v) is 7.06. The minimum Gasteiger partial charge on any atom is -0.382 e. The molecule has 1 aliphatic rings. The lowest BCUT2D eigenvalue weighted by Crippen LogP contribution is -2.39. The van der Waals surface area contributed by atoms with Crippen LogP contribution < -0.4 is 5.32 Å². The summed E-state index contributed by atoms with van der Waals surface area (Å²) >= 11 is 0. The quantitative estimate of drug-likeness (QED) is 0.780. The van der Waals surface area contributed by atoms with Crippen LogP contribution in [0, 0.1) is 11.3 Å². The molecular weight excluding hydrogens is 230 g/mol. The largest absolute Gasteiger partial charge is 0.382 e. The van der Waals surface area contributed by atoms with Crippen LogP contribution in [0.2, 0.25) is 0 Å². The van der Waals surface area contributed by atoms with E-state index < -0.39 is 0 Å². The first-order chi connectivity index (χ1) is 9.00. The van der Waals surface area contributed by atoms with Crippen LogP contribution in [0.25, 0.3) is 0 Å². The van der Waals surface area contributed by atoms with Gasteiger partial charge in [-0.15, -0.1) is 0 Å². The van der Waals surface area contributed by atoms with E-state index in [0.29, 0.717) is 11.5 Å². The normalized spacial score (nSPS) is 24.2. The third-order valence-electron chi connectivity index (χ3n) is 4.59. The Morgan fingerprint density at radius 1 is 1.05 bits per heavy atom. The van der Waals surface area contributed by atoms with Crippen LogP contribution in [0.4, 0.5) is 5.69 Å². The molecule has 1 saturated carbocycles. The Labute approximate surface area is 118 Å². The average molecular weight is 259 g/mol. The summed E-state index contributed by atoms with van der Waals surface area (Å²) in [6, 6.07) is 9.62. The van der Waals surface area contributed by atoms with Crippen molar-refractivity contribution in [1.82, 2.24) is 0 Å². The fraction of sp³-hybridized carbons (Fsp3) is 0.667. The topological polar surface area (TPSA) is 12.0 Å². The molecule has 2 unspecified atom stereocenters. The Bertz CT molecular complexity index is 385. The summed E-state index contributed by atoms with van der Waals surface area (Å²) in [4.78, 5) is 0. The maximum atomic E-state index is 3.79. The van der Waals surface area contributed by atoms with Gasteiger partial charge in [-0.25, -0.2) is 0 Å². The molecule has 1 heteroatoms. The van der Waals surface area contributed by atoms with Crippen LogP contribution >= 0.6 is 0 Å². The molecule has 1 N–H and O–H groups in total. The highest BCUT2D eigenvalue weighted by Crippen LogP contribution is 2.39. The van der Waals surface area contributed by atoms with E-state index in [1.807, 2.05) is 0 Å². The van der Waals surface area contributed by atoms with Crippen LogP contribution in [0.1, 0.15) is 58.9 Å². The van der Waals surface area contributed by atoms with Crippen LogP contribution in [0.5, 0.6) is 0 Å². The van der Waals surface area contributed by atoms with Crippen molar-refractivity contribution in [3.05, 3.63) is 29.8 Å². The molecule has 106 valence electrons. The lowest BCUT2D eigenvalue weighted by molar-refractivity contribution is 0.163. The molecule has 2 rings (SSSR count). The molecule has 1 fully saturated rings. The van der Waals surface area contributed by atoms with Gasteiger partial charge in [-0.3, -0.25) is 0 Å². The van der Waals surface area contributed by atoms with E-state index in [1.54, 1.807) is 0 Å². The fourth-order valence-electron chi connectivity index (χ4n) is 3.39. The van der Waals surface area contributed by atoms with Crippen molar-refractivity contribution < 1.29 is 0 Å². The smallest absolute Gasteiger partial charge is 0.0342 e. The van der Waals surface area contributed by atoms with E-state index in [2.05, 4.69) is 57.3 Å². The molecule has 2 atom stereocenters. The van der Waals surface area contributed by atoms with Crippen LogP contribution in [-0.2, 0) is 6.42 Å². The van der Waals surface area contributed by atoms with Crippen molar-refractivity contribution in [2.24, 2.45) is 11.3 Å². The molecule has 0 heterocycles. The monoisotopic (exact) mass is 259 g/mol. The van der Waals surface area contributed by atoms with Crippen molar-refractivity contribution in [1.29, 1.82) is 0 Å². The number of hydrogen-bond donors (Lipinski definition) is 1. The Hall–Kier alpha value is -0.980. The fourth-order valence-corrected chi connectivity index (χ4v) is 3.39. The average Bonchev–Trinajstić information content (AvgIpc) is 2.39. The first kappa shape index (κ1) is 14.4. The summed E-state index contributed by atoms with van der Waals surface area (Å²) < 4.78 is 0. The molecule has 0 aromatic heterocycles. The molecule has 1 aliphatic carbocycles. The van der Waals surface area contributed by atoms with Crippen LogP contribution in [-0.4, -0.2) is 6.04 Å². The number of anilines is 1. The van der Waals surface area contributed by atoms with E-state index in [4.69, 9.17) is 0 Å². The van der Waals surface area contributed by atoms with E-state index >= 15 is 0 Å². The second-order valence-electron chi connectivity index (χ2n) is 7.06. The second kappa shape index (κ2) is 5.98. The van der Waals surface area contributed by atoms with E-state index in [1.165, 1.54) is 36.9 Å². The molecule has 0 radical (unpaired) electrons. The van der Waals surface area contributed by atoms with Gasteiger partial charge in [0.25, 0.3) is 0 Å². The van der Waals surface area contributed by atoms with Gasteiger partial charge in [0.2, 0.25) is 0 Å². The van der Waals surface area contributed by atoms with Crippen molar-refractivity contribution in [2.75, 3.05) is 5.32 Å². The molecule has 19 heavy (non-hydrogen) atoms. The molecule has 1 aromatic carbocycles. The Balaban J connectivity index is 2.06. The molecule has 0 amide bonds. The standard InChI is InChI=1S/C18H29N/c1-5-14-10-12-15(13-11-14)19-17-9-7-6-8-16(17)18(2,3)4/h10-13,16-17,19H,5-9H2,1-4H3. The number of benzene rings is 1. The van der Waals surface area contributed by atoms with Gasteiger partial charge in [0.15, 0.2) is 0 Å². The van der Waals surface area contributed by atoms with Crippen molar-refractivity contribution in [3.63, 3.8) is 0 Å². The summed E-state index contributed by atoms with van der Waals surface area (Å²) in [6.45, 7) is 9.37. The van der Waals surface area contributed by atoms with Gasteiger partial charge in [0.05, 0.1) is 0 Å². The third kappa shape index (κ3) is 3.75. The van der Waals surface area contributed by atoms with Gasteiger partial charge in [-0.1, -0.05) is 52.7 Å². The lowest BCUT2D eigenvalue weighted by atomic mass is 9.69. The minimum absolute atomic E-state index is 0.404. The lowest BCUT2D eigenvalue weighted by Gasteiger charge is -2.41. The summed E-state index contributed by atoms with van der Waals surface area (Å²) in [5.41, 5.74) is 3.11. The zero-order chi connectivity index (χ0) is 13.9. The highest BCUT2D eigenvalue weighted by molar-refractivity contribution is 5.45. The van der Waals surface area contributed by atoms with E-state index in [0.717, 1.165) is 12.3 Å². The minimum atomic E-state index is 0.404. The Morgan fingerprint density at radius 2 is 1.68 bits per heavy atom. The first-order valence-electron chi connectivity index (χ1n) is 7.86. The van der Waals surface area contributed by atoms with Crippen LogP contribution in [0.15, 0.2) is 24.3 Å². The third-order valence-corrected chi connectivity index (χ3v) is 4.59. The zero-order valence-electron chi connectivity index (χ0n) is 13.0. The highest BCUT2D eigenvalue weighted by Gasteiger charge is 2.33. The SMILES string of the molecule is CCc1ccc(NC2CCCCC2C(C)(C)C)cc1. The number of aryl methyl sites for hydroxylation is 1. The van der Waals surface area contributed by atoms with Gasteiger partial charge >= 0.3 is 0 Å². The summed E-state index contributed by atoms with van der Waals surface area (Å²) in [5.74, 6) is 0.784. The molecule has 0 spiro atoms. The number of hydrogen-bond acceptors (Lipinski definition) is 1. The Kier molecular flexibility index (Phi) is 4.54. The maximum absolute atomic E-state index is 3.79. The first-order valence-corrected chi connectivity index (χ1v) is 7.86. The summed E-state index contributed by atoms with van der Waals surface area (Å²) in [6.07, 6.45) is 6.58. The molecular formula is C18H29N. The molecule has 0 saturated heterocycles. The summed E-state index contributed by atoms with van der Waals surface area (Å²) in [7, 11) is 0. The van der Waals surface area contributed by atoms with Gasteiger partial charge in [0.1, 0.15) is 0 Å². The molecule has 1 nitrogen and oxygen atoms in total. The van der Waals surface area contributed by atoms with Crippen molar-refractivity contribution >= 4 is 5.69 Å². The van der Waals surface area contributed by atoms with Crippen molar-refractivity contribution in [2.45, 2.75) is 65.8 Å². The van der Waals surface area contributed by atoms with Gasteiger partial charge in [-0.2, -0.15) is 0 Å². The van der Waals surface area contributed by atoms with E-state index in [9.17, 15) is 0 Å². The highest BCUT2D eigenvalue weighted by atomic mass is 14.9. The van der Waals surface area contributed by atoms with Gasteiger partial charge in [-0.05, 0) is 48.3 Å². The molecule has 0 aliphatic heterocycles. The van der Waals surface area contributed by atoms with Crippen molar-refractivity contribution in [3.8, 4) is 0 Å².